The summed E-state index contributed by atoms with van der Waals surface area (Å²) in [6.07, 6.45) is 14.4. The SMILES string of the molecule is CC(C)COC(=O)Cl.ClC1=CNC(Cl)NC1Cl.Clc1ncc(Cl)c(Cl)n1.Nc1ccc(Cl)cc1N.Nc1ccc(Cl)cc1NC(=O)C1CC1.Nc1ccc(N2CCOCC2)cc1.O=C(Nc1cc(Cl)ccc1Nc1nc(Cl)ncc1Cl)C1CC1.O=C(Nc1cc(Cl)ccc1Nc1nc(Nc2ccc(N3CCOCC3)cc2)ncc1Cl)C1CC1.O=C(O)C1CC1.O=c1[nH]cc(Cl)c(=O)[nH]1. The van der Waals surface area contributed by atoms with Crippen LogP contribution in [0.3, 0.4) is 0 Å². The summed E-state index contributed by atoms with van der Waals surface area (Å²) in [5, 5.41) is 35.6. The molecule has 7 aliphatic rings. The molecule has 17 rings (SSSR count). The highest BCUT2D eigenvalue weighted by atomic mass is 35.5. The average Bonchev–Trinajstić information content (AvgIpc) is 1.37. The first-order valence-corrected chi connectivity index (χ1v) is 46.1. The first kappa shape index (κ1) is 109. The number of nitrogen functional groups attached to an aromatic ring is 4. The molecule has 19 N–H and O–H groups in total. The number of aromatic nitrogens is 8. The Morgan fingerprint density at radius 1 is 0.504 bits per heavy atom. The monoisotopic (exact) mass is 2120 g/mol. The van der Waals surface area contributed by atoms with Gasteiger partial charge in [0.15, 0.2) is 22.4 Å². The molecule has 10 aromatic rings. The van der Waals surface area contributed by atoms with Crippen LogP contribution in [0.1, 0.15) is 65.2 Å². The van der Waals surface area contributed by atoms with Gasteiger partial charge in [0.05, 0.1) is 113 Å². The number of aliphatic carboxylic acids is 1. The number of alkyl halides is 2. The van der Waals surface area contributed by atoms with Crippen molar-refractivity contribution in [3.63, 3.8) is 0 Å². The van der Waals surface area contributed by atoms with Crippen LogP contribution < -0.4 is 86.5 Å². The molecule has 4 aromatic heterocycles. The van der Waals surface area contributed by atoms with E-state index in [2.05, 4.69) is 116 Å². The number of H-pyrrole nitrogens is 2. The molecule has 3 amide bonds. The zero-order chi connectivity index (χ0) is 97.0. The first-order chi connectivity index (χ1) is 63.3. The predicted octanol–water partition coefficient (Wildman–Crippen LogP) is 20.9. The summed E-state index contributed by atoms with van der Waals surface area (Å²) in [4.78, 5) is 109. The molecule has 0 bridgehead atoms. The third-order valence-electron chi connectivity index (χ3n) is 18.2. The number of halogens is 15. The predicted molar refractivity (Wildman–Crippen MR) is 537 cm³/mol. The van der Waals surface area contributed by atoms with Gasteiger partial charge < -0.3 is 94.3 Å². The number of carbonyl (C=O) groups is 5. The van der Waals surface area contributed by atoms with E-state index in [1.165, 1.54) is 24.3 Å². The van der Waals surface area contributed by atoms with Crippen LogP contribution >= 0.6 is 174 Å². The van der Waals surface area contributed by atoms with E-state index in [-0.39, 0.29) is 73.3 Å². The van der Waals surface area contributed by atoms with Gasteiger partial charge in [0.2, 0.25) is 34.2 Å². The summed E-state index contributed by atoms with van der Waals surface area (Å²) in [7, 11) is 0. The molecule has 48 heteroatoms. The lowest BCUT2D eigenvalue weighted by Crippen LogP contribution is -2.43. The minimum atomic E-state index is -0.723. The van der Waals surface area contributed by atoms with E-state index in [1.54, 1.807) is 79.0 Å². The summed E-state index contributed by atoms with van der Waals surface area (Å²) in [6, 6.07) is 36.4. The number of anilines is 15. The highest BCUT2D eigenvalue weighted by Crippen LogP contribution is 2.39. The van der Waals surface area contributed by atoms with Crippen molar-refractivity contribution in [1.82, 2.24) is 50.5 Å². The summed E-state index contributed by atoms with van der Waals surface area (Å²) in [6.45, 7) is 11.2. The van der Waals surface area contributed by atoms with E-state index in [9.17, 15) is 33.6 Å². The first-order valence-electron chi connectivity index (χ1n) is 40.4. The summed E-state index contributed by atoms with van der Waals surface area (Å²) >= 11 is 84.9. The number of hydrogen-bond acceptors (Lipinski definition) is 27. The Bertz CT molecular complexity index is 5640. The van der Waals surface area contributed by atoms with Crippen LogP contribution in [0.2, 0.25) is 55.9 Å². The number of amides is 3. The van der Waals surface area contributed by atoms with Gasteiger partial charge in [-0.05, 0) is 202 Å². The number of nitrogens with one attached hydrogen (secondary N) is 10. The standard InChI is InChI=1S/C24H24Cl2N6O2.C14H11Cl3N4O.C10H11ClN2O.C10H14N2O.C6H7ClN2.C5H9ClO2.C4H5Cl3N2.C4HCl3N2.C4H3ClN2O2.C4H6O2/c25-16-3-8-20(21(13-16)30-23(33)15-1-2-15)29-22-19(26)14-27-24(31-22)28-17-4-6-18(7-5-17)32-9-11-34-12-10-32;15-8-3-4-10(11(5-8)20-13(22)7-1-2-7)19-12-9(16)6-18-14(17)21-12;11-7-3-4-8(12)9(5-7)13-10(14)6-1-2-6;11-9-1-3-10(4-2-9)12-5-7-13-8-6-12;7-4-1-2-5(8)6(9)3-4;1-4(2)3-8-5(6)7;2*5-2-1-8-4(7)9-3(2)6;5-2-1-6-4(9)7-3(2)8;5-4(6)3-1-2-3/h3-8,13-15H,1-2,9-12H2,(H,30,33)(H2,27,28,29,31);3-7H,1-2H2,(H,20,22)(H,18,19,21);3-6H,1-2,12H2,(H,13,14);1-4H,5-8,11H2;1-3H,8-9H2;4H,3H2,1-2H3;1,3-4,8-9H;1H;1H,(H2,6,7,8,9);3H,1-2H2,(H,5,6). The Balaban J connectivity index is 0.000000192. The molecule has 7 heterocycles. The molecule has 2 atom stereocenters. The number of morpholine rings is 2. The number of carbonyl (C=O) groups excluding carboxylic acids is 4. The molecule has 0 spiro atoms. The Morgan fingerprint density at radius 2 is 0.940 bits per heavy atom. The second-order valence-electron chi connectivity index (χ2n) is 29.5. The zero-order valence-corrected chi connectivity index (χ0v) is 81.9. The summed E-state index contributed by atoms with van der Waals surface area (Å²) in [5.74, 6) is 1.25. The van der Waals surface area contributed by atoms with Gasteiger partial charge in [-0.3, -0.25) is 34.3 Å². The van der Waals surface area contributed by atoms with E-state index in [0.29, 0.717) is 116 Å². The van der Waals surface area contributed by atoms with Crippen LogP contribution in [0.25, 0.3) is 0 Å². The fraction of sp³-hybridized carbons (Fsp3) is 0.306. The van der Waals surface area contributed by atoms with Gasteiger partial charge in [-0.15, -0.1) is 0 Å². The molecule has 2 unspecified atom stereocenters. The maximum absolute atomic E-state index is 12.3. The Kier molecular flexibility index (Phi) is 45.5. The van der Waals surface area contributed by atoms with Crippen molar-refractivity contribution in [3.05, 3.63) is 234 Å². The minimum absolute atomic E-state index is 0.0121. The van der Waals surface area contributed by atoms with Crippen LogP contribution in [-0.4, -0.2) is 144 Å². The molecule has 4 aliphatic carbocycles. The van der Waals surface area contributed by atoms with Crippen molar-refractivity contribution >= 4 is 289 Å². The van der Waals surface area contributed by atoms with Gasteiger partial charge in [-0.1, -0.05) is 153 Å². The third-order valence-corrected chi connectivity index (χ3v) is 22.1. The van der Waals surface area contributed by atoms with E-state index in [1.807, 2.05) is 43.1 Å². The molecule has 0 radical (unpaired) electrons. The number of aromatic amines is 2. The fourth-order valence-electron chi connectivity index (χ4n) is 10.6. The van der Waals surface area contributed by atoms with Gasteiger partial charge in [-0.25, -0.2) is 29.5 Å². The smallest absolute Gasteiger partial charge is 0.403 e. The van der Waals surface area contributed by atoms with E-state index < -0.39 is 22.6 Å². The highest BCUT2D eigenvalue weighted by Gasteiger charge is 2.33. The molecule has 33 nitrogen and oxygen atoms in total. The van der Waals surface area contributed by atoms with Crippen molar-refractivity contribution in [2.24, 2.45) is 29.6 Å². The summed E-state index contributed by atoms with van der Waals surface area (Å²) < 4.78 is 15.1. The fourth-order valence-corrected chi connectivity index (χ4v) is 12.8. The van der Waals surface area contributed by atoms with E-state index >= 15 is 0 Å². The number of nitrogens with zero attached hydrogens (tertiary/aromatic N) is 8. The van der Waals surface area contributed by atoms with Gasteiger partial charge >= 0.3 is 17.1 Å². The van der Waals surface area contributed by atoms with Crippen molar-refractivity contribution in [2.45, 2.75) is 76.3 Å². The van der Waals surface area contributed by atoms with Crippen LogP contribution in [0, 0.1) is 29.6 Å². The molecule has 4 saturated carbocycles. The molecule has 6 aromatic carbocycles. The molecular formula is C85H91Cl15N22O11. The quantitative estimate of drug-likeness (QED) is 0.0101. The Labute approximate surface area is 839 Å². The number of hydrogen-bond donors (Lipinski definition) is 15. The zero-order valence-electron chi connectivity index (χ0n) is 70.6. The maximum Gasteiger partial charge on any atom is 0.403 e. The number of carboxylic acids is 1. The van der Waals surface area contributed by atoms with Crippen molar-refractivity contribution in [1.29, 1.82) is 0 Å². The Morgan fingerprint density at radius 3 is 1.35 bits per heavy atom. The lowest BCUT2D eigenvalue weighted by Gasteiger charge is -2.28. The number of ether oxygens (including phenoxy) is 3. The molecule has 3 aliphatic heterocycles. The van der Waals surface area contributed by atoms with Crippen LogP contribution in [0.15, 0.2) is 167 Å². The van der Waals surface area contributed by atoms with Gasteiger partial charge in [0, 0.05) is 111 Å². The summed E-state index contributed by atoms with van der Waals surface area (Å²) in [5.41, 5.74) is 28.3. The molecule has 133 heavy (non-hydrogen) atoms. The van der Waals surface area contributed by atoms with Gasteiger partial charge in [0.1, 0.15) is 20.6 Å². The maximum atomic E-state index is 12.3. The second kappa shape index (κ2) is 55.6. The van der Waals surface area contributed by atoms with Crippen LogP contribution in [0.4, 0.5) is 90.6 Å². The Hall–Kier alpha value is -9.44. The van der Waals surface area contributed by atoms with Crippen LogP contribution in [0.5, 0.6) is 0 Å². The normalized spacial score (nSPS) is 15.4. The number of benzene rings is 6. The number of rotatable bonds is 17. The van der Waals surface area contributed by atoms with Crippen molar-refractivity contribution in [3.8, 4) is 0 Å². The topological polar surface area (TPSA) is 483 Å². The molecule has 6 fully saturated rings. The molecular weight excluding hydrogens is 2040 g/mol. The average molecular weight is 2130 g/mol. The highest BCUT2D eigenvalue weighted by molar-refractivity contribution is 6.61. The molecule has 2 saturated heterocycles. The van der Waals surface area contributed by atoms with E-state index in [0.717, 1.165) is 127 Å². The minimum Gasteiger partial charge on any atom is -0.481 e. The van der Waals surface area contributed by atoms with Crippen LogP contribution in [-0.2, 0) is 33.4 Å². The molecule has 712 valence electrons. The lowest BCUT2D eigenvalue weighted by molar-refractivity contribution is -0.138. The number of nitrogens with two attached hydrogens (primary N) is 4. The third kappa shape index (κ3) is 41.0. The van der Waals surface area contributed by atoms with Crippen molar-refractivity contribution in [2.75, 3.05) is 124 Å². The van der Waals surface area contributed by atoms with Gasteiger partial charge in [-0.2, -0.15) is 9.97 Å². The largest absolute Gasteiger partial charge is 0.481 e. The van der Waals surface area contributed by atoms with E-state index in [4.69, 9.17) is 212 Å². The van der Waals surface area contributed by atoms with Gasteiger partial charge in [0.25, 0.3) is 5.56 Å². The lowest BCUT2D eigenvalue weighted by atomic mass is 10.2. The second-order valence-corrected chi connectivity index (χ2v) is 35.5. The van der Waals surface area contributed by atoms with Crippen molar-refractivity contribution < 1.29 is 43.3 Å². The number of carboxylic acid groups (broad SMARTS) is 1.